The second kappa shape index (κ2) is 5.03. The van der Waals surface area contributed by atoms with Crippen molar-refractivity contribution >= 4 is 17.2 Å². The number of aryl methyl sites for hydroxylation is 1. The second-order valence-electron chi connectivity index (χ2n) is 3.71. The molecule has 84 valence electrons. The van der Waals surface area contributed by atoms with Crippen LogP contribution in [0.3, 0.4) is 0 Å². The van der Waals surface area contributed by atoms with Crippen molar-refractivity contribution in [2.24, 2.45) is 0 Å². The number of rotatable bonds is 4. The molecule has 0 aliphatic rings. The van der Waals surface area contributed by atoms with Crippen LogP contribution < -0.4 is 5.32 Å². The van der Waals surface area contributed by atoms with Crippen LogP contribution in [0.5, 0.6) is 0 Å². The Balaban J connectivity index is 1.90. The van der Waals surface area contributed by atoms with Gasteiger partial charge in [0.1, 0.15) is 5.82 Å². The summed E-state index contributed by atoms with van der Waals surface area (Å²) in [6.07, 6.45) is 1.84. The zero-order valence-corrected chi connectivity index (χ0v) is 10.2. The van der Waals surface area contributed by atoms with E-state index in [0.29, 0.717) is 5.92 Å². The minimum Gasteiger partial charge on any atom is -0.368 e. The number of nitrogens with zero attached hydrogens (tertiary/aromatic N) is 3. The normalized spacial score (nSPS) is 12.4. The summed E-state index contributed by atoms with van der Waals surface area (Å²) in [5.41, 5.74) is 0.929. The minimum absolute atomic E-state index is 0.392. The lowest BCUT2D eigenvalue weighted by atomic mass is 10.2. The standard InChI is InChI=1S/C11H14N4S/c1-8(11-12-5-6-16-11)7-13-10-4-3-9(2)14-15-10/h3-6,8H,7H2,1-2H3,(H,13,15). The molecule has 0 spiro atoms. The second-order valence-corrected chi connectivity index (χ2v) is 4.64. The van der Waals surface area contributed by atoms with Crippen molar-refractivity contribution in [1.29, 1.82) is 0 Å². The number of thiazole rings is 1. The average Bonchev–Trinajstić information content (AvgIpc) is 2.81. The van der Waals surface area contributed by atoms with E-state index in [1.807, 2.05) is 30.6 Å². The Labute approximate surface area is 98.8 Å². The summed E-state index contributed by atoms with van der Waals surface area (Å²) in [7, 11) is 0. The van der Waals surface area contributed by atoms with Crippen molar-refractivity contribution in [3.63, 3.8) is 0 Å². The molecule has 0 bridgehead atoms. The van der Waals surface area contributed by atoms with Gasteiger partial charge in [0.25, 0.3) is 0 Å². The van der Waals surface area contributed by atoms with Crippen LogP contribution in [-0.2, 0) is 0 Å². The first-order valence-corrected chi connectivity index (χ1v) is 6.07. The summed E-state index contributed by atoms with van der Waals surface area (Å²) in [6.45, 7) is 4.90. The molecule has 1 N–H and O–H groups in total. The number of aromatic nitrogens is 3. The fourth-order valence-corrected chi connectivity index (χ4v) is 2.01. The molecule has 1 atom stereocenters. The van der Waals surface area contributed by atoms with Gasteiger partial charge >= 0.3 is 0 Å². The monoisotopic (exact) mass is 234 g/mol. The van der Waals surface area contributed by atoms with Crippen molar-refractivity contribution in [3.05, 3.63) is 34.4 Å². The largest absolute Gasteiger partial charge is 0.368 e. The molecule has 0 aliphatic heterocycles. The maximum atomic E-state index is 4.29. The summed E-state index contributed by atoms with van der Waals surface area (Å²) in [4.78, 5) is 4.29. The highest BCUT2D eigenvalue weighted by Crippen LogP contribution is 2.17. The number of nitrogens with one attached hydrogen (secondary N) is 1. The fourth-order valence-electron chi connectivity index (χ4n) is 1.32. The van der Waals surface area contributed by atoms with Gasteiger partial charge in [0.15, 0.2) is 0 Å². The highest BCUT2D eigenvalue weighted by molar-refractivity contribution is 7.09. The molecule has 0 radical (unpaired) electrons. The van der Waals surface area contributed by atoms with E-state index in [9.17, 15) is 0 Å². The topological polar surface area (TPSA) is 50.7 Å². The van der Waals surface area contributed by atoms with Crippen LogP contribution in [0.25, 0.3) is 0 Å². The van der Waals surface area contributed by atoms with Crippen molar-refractivity contribution in [2.45, 2.75) is 19.8 Å². The van der Waals surface area contributed by atoms with Crippen LogP contribution in [0, 0.1) is 6.92 Å². The van der Waals surface area contributed by atoms with Gasteiger partial charge in [-0.15, -0.1) is 16.4 Å². The van der Waals surface area contributed by atoms with Gasteiger partial charge in [-0.25, -0.2) is 4.98 Å². The maximum absolute atomic E-state index is 4.29. The van der Waals surface area contributed by atoms with Crippen molar-refractivity contribution < 1.29 is 0 Å². The van der Waals surface area contributed by atoms with Crippen LogP contribution in [0.4, 0.5) is 5.82 Å². The third-order valence-corrected chi connectivity index (χ3v) is 3.27. The van der Waals surface area contributed by atoms with Gasteiger partial charge in [0, 0.05) is 24.0 Å². The lowest BCUT2D eigenvalue weighted by molar-refractivity contribution is 0.788. The SMILES string of the molecule is Cc1ccc(NCC(C)c2nccs2)nn1. The predicted molar refractivity (Wildman–Crippen MR) is 65.8 cm³/mol. The van der Waals surface area contributed by atoms with Crippen molar-refractivity contribution in [1.82, 2.24) is 15.2 Å². The van der Waals surface area contributed by atoms with E-state index in [1.54, 1.807) is 11.3 Å². The Morgan fingerprint density at radius 2 is 2.25 bits per heavy atom. The van der Waals surface area contributed by atoms with Gasteiger partial charge in [-0.05, 0) is 19.1 Å². The predicted octanol–water partition coefficient (Wildman–Crippen LogP) is 2.46. The van der Waals surface area contributed by atoms with E-state index in [2.05, 4.69) is 27.4 Å². The molecule has 16 heavy (non-hydrogen) atoms. The van der Waals surface area contributed by atoms with E-state index in [1.165, 1.54) is 0 Å². The van der Waals surface area contributed by atoms with Gasteiger partial charge < -0.3 is 5.32 Å². The van der Waals surface area contributed by atoms with Crippen LogP contribution in [0.15, 0.2) is 23.7 Å². The van der Waals surface area contributed by atoms with Crippen molar-refractivity contribution in [3.8, 4) is 0 Å². The van der Waals surface area contributed by atoms with Crippen LogP contribution >= 0.6 is 11.3 Å². The van der Waals surface area contributed by atoms with Gasteiger partial charge in [0.05, 0.1) is 10.7 Å². The third-order valence-electron chi connectivity index (χ3n) is 2.26. The molecule has 0 fully saturated rings. The lowest BCUT2D eigenvalue weighted by Gasteiger charge is -2.09. The van der Waals surface area contributed by atoms with E-state index in [-0.39, 0.29) is 0 Å². The Kier molecular flexibility index (Phi) is 3.46. The Hall–Kier alpha value is -1.49. The molecule has 2 heterocycles. The molecule has 2 rings (SSSR count). The van der Waals surface area contributed by atoms with Crippen LogP contribution in [-0.4, -0.2) is 21.7 Å². The molecular weight excluding hydrogens is 220 g/mol. The van der Waals surface area contributed by atoms with E-state index in [0.717, 1.165) is 23.1 Å². The van der Waals surface area contributed by atoms with Gasteiger partial charge in [-0.3, -0.25) is 0 Å². The molecular formula is C11H14N4S. The molecule has 2 aromatic heterocycles. The van der Waals surface area contributed by atoms with Crippen molar-refractivity contribution in [2.75, 3.05) is 11.9 Å². The minimum atomic E-state index is 0.392. The average molecular weight is 234 g/mol. The number of hydrogen-bond donors (Lipinski definition) is 1. The molecule has 0 aromatic carbocycles. The molecule has 5 heteroatoms. The Morgan fingerprint density at radius 1 is 1.38 bits per heavy atom. The zero-order valence-electron chi connectivity index (χ0n) is 9.34. The summed E-state index contributed by atoms with van der Waals surface area (Å²) < 4.78 is 0. The summed E-state index contributed by atoms with van der Waals surface area (Å²) in [5.74, 6) is 1.21. The first-order chi connectivity index (χ1) is 7.75. The maximum Gasteiger partial charge on any atom is 0.148 e. The molecule has 1 unspecified atom stereocenters. The number of hydrogen-bond acceptors (Lipinski definition) is 5. The first-order valence-electron chi connectivity index (χ1n) is 5.19. The van der Waals surface area contributed by atoms with Gasteiger partial charge in [-0.2, -0.15) is 5.10 Å². The molecule has 2 aromatic rings. The van der Waals surface area contributed by atoms with Gasteiger partial charge in [0.2, 0.25) is 0 Å². The molecule has 0 aliphatic carbocycles. The fraction of sp³-hybridized carbons (Fsp3) is 0.364. The first kappa shape index (κ1) is 11.0. The summed E-state index contributed by atoms with van der Waals surface area (Å²) in [6, 6.07) is 3.89. The summed E-state index contributed by atoms with van der Waals surface area (Å²) >= 11 is 1.68. The highest BCUT2D eigenvalue weighted by Gasteiger charge is 2.07. The van der Waals surface area contributed by atoms with E-state index in [4.69, 9.17) is 0 Å². The molecule has 0 saturated carbocycles. The molecule has 4 nitrogen and oxygen atoms in total. The van der Waals surface area contributed by atoms with E-state index < -0.39 is 0 Å². The Bertz CT molecular complexity index is 424. The molecule has 0 amide bonds. The van der Waals surface area contributed by atoms with Crippen LogP contribution in [0.1, 0.15) is 23.5 Å². The molecule has 0 saturated heterocycles. The smallest absolute Gasteiger partial charge is 0.148 e. The zero-order chi connectivity index (χ0) is 11.4. The van der Waals surface area contributed by atoms with Gasteiger partial charge in [-0.1, -0.05) is 6.92 Å². The lowest BCUT2D eigenvalue weighted by Crippen LogP contribution is -2.11. The van der Waals surface area contributed by atoms with E-state index >= 15 is 0 Å². The quantitative estimate of drug-likeness (QED) is 0.883. The third kappa shape index (κ3) is 2.76. The number of anilines is 1. The summed E-state index contributed by atoms with van der Waals surface area (Å²) in [5, 5.41) is 14.4. The van der Waals surface area contributed by atoms with Crippen LogP contribution in [0.2, 0.25) is 0 Å². The Morgan fingerprint density at radius 3 is 2.88 bits per heavy atom. The highest BCUT2D eigenvalue weighted by atomic mass is 32.1.